The third-order valence-electron chi connectivity index (χ3n) is 5.90. The van der Waals surface area contributed by atoms with E-state index in [-0.39, 0.29) is 17.7 Å². The average Bonchev–Trinajstić information content (AvgIpc) is 3.28. The molecule has 34 heavy (non-hydrogen) atoms. The summed E-state index contributed by atoms with van der Waals surface area (Å²) in [5, 5.41) is 12.7. The summed E-state index contributed by atoms with van der Waals surface area (Å²) in [6, 6.07) is 18.5. The molecular weight excluding hydrogens is 448 g/mol. The second kappa shape index (κ2) is 11.5. The molecular formula is C25H32N6O2S. The fourth-order valence-corrected chi connectivity index (χ4v) is 4.78. The molecule has 1 N–H and O–H groups in total. The number of aromatic nitrogens is 3. The molecule has 1 saturated heterocycles. The van der Waals surface area contributed by atoms with Crippen LogP contribution in [0.2, 0.25) is 0 Å². The van der Waals surface area contributed by atoms with Gasteiger partial charge in [-0.3, -0.25) is 9.36 Å². The van der Waals surface area contributed by atoms with Crippen molar-refractivity contribution in [2.24, 2.45) is 0 Å². The highest BCUT2D eigenvalue weighted by atomic mass is 32.2. The van der Waals surface area contributed by atoms with Gasteiger partial charge in [0.2, 0.25) is 11.9 Å². The predicted molar refractivity (Wildman–Crippen MR) is 136 cm³/mol. The van der Waals surface area contributed by atoms with E-state index in [1.54, 1.807) is 0 Å². The number of hydrogen-bond acceptors (Lipinski definition) is 7. The number of thioether (sulfide) groups is 1. The zero-order chi connectivity index (χ0) is 23.9. The fourth-order valence-electron chi connectivity index (χ4n) is 4.01. The molecule has 4 rings (SSSR count). The van der Waals surface area contributed by atoms with Gasteiger partial charge >= 0.3 is 0 Å². The van der Waals surface area contributed by atoms with E-state index >= 15 is 0 Å². The van der Waals surface area contributed by atoms with E-state index in [9.17, 15) is 4.79 Å². The molecule has 180 valence electrons. The van der Waals surface area contributed by atoms with Crippen molar-refractivity contribution >= 4 is 23.6 Å². The summed E-state index contributed by atoms with van der Waals surface area (Å²) >= 11 is 1.41. The molecule has 1 amide bonds. The van der Waals surface area contributed by atoms with Gasteiger partial charge in [-0.1, -0.05) is 60.3 Å². The Morgan fingerprint density at radius 2 is 1.79 bits per heavy atom. The van der Waals surface area contributed by atoms with Crippen molar-refractivity contribution in [2.75, 3.05) is 57.6 Å². The molecule has 0 spiro atoms. The minimum atomic E-state index is -0.0277. The lowest BCUT2D eigenvalue weighted by atomic mass is 10.1. The van der Waals surface area contributed by atoms with Crippen molar-refractivity contribution in [1.82, 2.24) is 25.0 Å². The van der Waals surface area contributed by atoms with Crippen LogP contribution in [0.15, 0.2) is 59.8 Å². The number of nitrogens with one attached hydrogen (secondary N) is 1. The van der Waals surface area contributed by atoms with E-state index in [0.29, 0.717) is 24.9 Å². The topological polar surface area (TPSA) is 75.5 Å². The number of likely N-dealkylation sites (N-methyl/N-ethyl adjacent to an activating group) is 1. The highest BCUT2D eigenvalue weighted by molar-refractivity contribution is 7.99. The third-order valence-corrected chi connectivity index (χ3v) is 6.83. The van der Waals surface area contributed by atoms with Gasteiger partial charge in [-0.15, -0.1) is 10.2 Å². The van der Waals surface area contributed by atoms with E-state index in [0.717, 1.165) is 30.3 Å². The zero-order valence-electron chi connectivity index (χ0n) is 20.0. The molecule has 2 heterocycles. The van der Waals surface area contributed by atoms with Crippen molar-refractivity contribution in [1.29, 1.82) is 0 Å². The maximum atomic E-state index is 12.8. The SMILES string of the molecule is Cc1ccccc1-n1c(SCC(=O)NC[C@@H](c2ccccc2)N(C)C)nnc1N1CCOCC1. The van der Waals surface area contributed by atoms with Gasteiger partial charge in [-0.25, -0.2) is 0 Å². The van der Waals surface area contributed by atoms with Crippen molar-refractivity contribution < 1.29 is 9.53 Å². The number of aryl methyl sites for hydroxylation is 1. The van der Waals surface area contributed by atoms with Gasteiger partial charge in [0.05, 0.1) is 30.7 Å². The molecule has 0 radical (unpaired) electrons. The van der Waals surface area contributed by atoms with E-state index in [1.807, 2.05) is 44.4 Å². The highest BCUT2D eigenvalue weighted by Gasteiger charge is 2.23. The molecule has 1 atom stereocenters. The van der Waals surface area contributed by atoms with Gasteiger partial charge in [0.25, 0.3) is 0 Å². The lowest BCUT2D eigenvalue weighted by Gasteiger charge is -2.28. The van der Waals surface area contributed by atoms with E-state index in [1.165, 1.54) is 17.3 Å². The normalized spacial score (nSPS) is 14.9. The molecule has 1 aromatic heterocycles. The first-order valence-corrected chi connectivity index (χ1v) is 12.5. The van der Waals surface area contributed by atoms with E-state index in [2.05, 4.69) is 61.1 Å². The van der Waals surface area contributed by atoms with Crippen LogP contribution in [-0.4, -0.2) is 78.3 Å². The number of benzene rings is 2. The van der Waals surface area contributed by atoms with Gasteiger partial charge in [0, 0.05) is 19.6 Å². The Labute approximate surface area is 205 Å². The van der Waals surface area contributed by atoms with Gasteiger partial charge in [-0.05, 0) is 38.2 Å². The van der Waals surface area contributed by atoms with Crippen molar-refractivity contribution in [3.63, 3.8) is 0 Å². The largest absolute Gasteiger partial charge is 0.378 e. The standard InChI is InChI=1S/C25H32N6O2S/c1-19-9-7-8-12-21(19)31-24(30-13-15-33-16-14-30)27-28-25(31)34-18-23(32)26-17-22(29(2)3)20-10-5-4-6-11-20/h4-12,22H,13-18H2,1-3H3,(H,26,32)/t22-/m0/s1. The minimum absolute atomic E-state index is 0.0277. The Bertz CT molecular complexity index is 1080. The zero-order valence-corrected chi connectivity index (χ0v) is 20.8. The average molecular weight is 481 g/mol. The van der Waals surface area contributed by atoms with Crippen molar-refractivity contribution in [2.45, 2.75) is 18.1 Å². The van der Waals surface area contributed by atoms with Crippen LogP contribution in [0.5, 0.6) is 0 Å². The quantitative estimate of drug-likeness (QED) is 0.472. The summed E-state index contributed by atoms with van der Waals surface area (Å²) in [5.41, 5.74) is 3.32. The second-order valence-corrected chi connectivity index (χ2v) is 9.43. The van der Waals surface area contributed by atoms with Crippen LogP contribution >= 0.6 is 11.8 Å². The molecule has 3 aromatic rings. The number of carbonyl (C=O) groups excluding carboxylic acids is 1. The molecule has 0 bridgehead atoms. The lowest BCUT2D eigenvalue weighted by Crippen LogP contribution is -2.38. The van der Waals surface area contributed by atoms with Gasteiger partial charge in [-0.2, -0.15) is 0 Å². The number of hydrogen-bond donors (Lipinski definition) is 1. The van der Waals surface area contributed by atoms with Gasteiger partial charge in [0.1, 0.15) is 0 Å². The summed E-state index contributed by atoms with van der Waals surface area (Å²) in [5.74, 6) is 1.03. The maximum absolute atomic E-state index is 12.8. The number of para-hydroxylation sites is 1. The first kappa shape index (κ1) is 24.3. The second-order valence-electron chi connectivity index (χ2n) is 8.49. The number of morpholine rings is 1. The van der Waals surface area contributed by atoms with Crippen LogP contribution in [0.25, 0.3) is 5.69 Å². The Balaban J connectivity index is 1.46. The highest BCUT2D eigenvalue weighted by Crippen LogP contribution is 2.28. The summed E-state index contributed by atoms with van der Waals surface area (Å²) in [7, 11) is 4.05. The number of ether oxygens (including phenoxy) is 1. The van der Waals surface area contributed by atoms with Crippen molar-refractivity contribution in [3.8, 4) is 5.69 Å². The van der Waals surface area contributed by atoms with Crippen LogP contribution in [0.4, 0.5) is 5.95 Å². The number of anilines is 1. The number of carbonyl (C=O) groups is 1. The molecule has 1 fully saturated rings. The van der Waals surface area contributed by atoms with Crippen LogP contribution in [0.1, 0.15) is 17.2 Å². The summed E-state index contributed by atoms with van der Waals surface area (Å²) in [6.07, 6.45) is 0. The van der Waals surface area contributed by atoms with Gasteiger partial charge in [0.15, 0.2) is 5.16 Å². The maximum Gasteiger partial charge on any atom is 0.232 e. The van der Waals surface area contributed by atoms with E-state index < -0.39 is 0 Å². The lowest BCUT2D eigenvalue weighted by molar-refractivity contribution is -0.118. The molecule has 0 saturated carbocycles. The predicted octanol–water partition coefficient (Wildman–Crippen LogP) is 2.92. The Hall–Kier alpha value is -2.88. The first-order valence-electron chi connectivity index (χ1n) is 11.5. The summed E-state index contributed by atoms with van der Waals surface area (Å²) < 4.78 is 7.57. The third kappa shape index (κ3) is 5.78. The smallest absolute Gasteiger partial charge is 0.232 e. The number of amides is 1. The molecule has 1 aliphatic rings. The van der Waals surface area contributed by atoms with Crippen LogP contribution in [0.3, 0.4) is 0 Å². The number of nitrogens with zero attached hydrogens (tertiary/aromatic N) is 5. The van der Waals surface area contributed by atoms with Crippen molar-refractivity contribution in [3.05, 3.63) is 65.7 Å². The van der Waals surface area contributed by atoms with E-state index in [4.69, 9.17) is 4.74 Å². The van der Waals surface area contributed by atoms with Crippen LogP contribution in [-0.2, 0) is 9.53 Å². The minimum Gasteiger partial charge on any atom is -0.378 e. The summed E-state index contributed by atoms with van der Waals surface area (Å²) in [6.45, 7) is 5.48. The molecule has 0 unspecified atom stereocenters. The molecule has 9 heteroatoms. The molecule has 8 nitrogen and oxygen atoms in total. The Morgan fingerprint density at radius 3 is 2.50 bits per heavy atom. The fraction of sp³-hybridized carbons (Fsp3) is 0.400. The Morgan fingerprint density at radius 1 is 1.09 bits per heavy atom. The number of rotatable bonds is 9. The first-order chi connectivity index (χ1) is 16.5. The van der Waals surface area contributed by atoms with Gasteiger partial charge < -0.3 is 19.9 Å². The van der Waals surface area contributed by atoms with Crippen LogP contribution in [0, 0.1) is 6.92 Å². The molecule has 0 aliphatic carbocycles. The Kier molecular flexibility index (Phi) is 8.21. The summed E-state index contributed by atoms with van der Waals surface area (Å²) in [4.78, 5) is 17.1. The molecule has 1 aliphatic heterocycles. The monoisotopic (exact) mass is 480 g/mol. The van der Waals surface area contributed by atoms with Crippen LogP contribution < -0.4 is 10.2 Å². The molecule has 2 aromatic carbocycles.